The summed E-state index contributed by atoms with van der Waals surface area (Å²) >= 11 is 1.63. The molecule has 5 rings (SSSR count). The van der Waals surface area contributed by atoms with Crippen molar-refractivity contribution < 1.29 is 14.1 Å². The minimum atomic E-state index is -0.403. The topological polar surface area (TPSA) is 91.6 Å². The van der Waals surface area contributed by atoms with Crippen LogP contribution in [0, 0.1) is 18.8 Å². The molecule has 9 heteroatoms. The second-order valence-corrected chi connectivity index (χ2v) is 9.82. The van der Waals surface area contributed by atoms with Gasteiger partial charge in [0, 0.05) is 55.9 Å². The van der Waals surface area contributed by atoms with Gasteiger partial charge in [-0.25, -0.2) is 4.98 Å². The molecule has 4 atom stereocenters. The first kappa shape index (κ1) is 20.6. The van der Waals surface area contributed by atoms with E-state index in [1.165, 1.54) is 0 Å². The first-order chi connectivity index (χ1) is 15.1. The molecular formula is C22H29N5O3S. The van der Waals surface area contributed by atoms with Crippen LogP contribution in [0.15, 0.2) is 21.5 Å². The second-order valence-electron chi connectivity index (χ2n) is 9.10. The van der Waals surface area contributed by atoms with Gasteiger partial charge in [-0.1, -0.05) is 5.16 Å². The number of likely N-dealkylation sites (tertiary alicyclic amines) is 1. The lowest BCUT2D eigenvalue weighted by atomic mass is 9.71. The normalized spacial score (nSPS) is 28.4. The fourth-order valence-corrected chi connectivity index (χ4v) is 6.28. The summed E-state index contributed by atoms with van der Waals surface area (Å²) in [6.45, 7) is 4.95. The van der Waals surface area contributed by atoms with Crippen molar-refractivity contribution >= 4 is 23.2 Å². The van der Waals surface area contributed by atoms with E-state index in [0.29, 0.717) is 24.6 Å². The number of fused-ring (bicyclic) bond motifs is 4. The molecule has 0 unspecified atom stereocenters. The van der Waals surface area contributed by atoms with E-state index in [1.807, 2.05) is 23.4 Å². The minimum absolute atomic E-state index is 0.0703. The Morgan fingerprint density at radius 1 is 1.35 bits per heavy atom. The molecule has 2 amide bonds. The number of carbonyl (C=O) groups is 2. The Kier molecular flexibility index (Phi) is 5.79. The number of amides is 2. The van der Waals surface area contributed by atoms with Crippen molar-refractivity contribution in [2.45, 2.75) is 57.7 Å². The van der Waals surface area contributed by atoms with Crippen molar-refractivity contribution in [2.75, 3.05) is 19.6 Å². The molecule has 0 saturated carbocycles. The highest BCUT2D eigenvalue weighted by atomic mass is 32.1. The van der Waals surface area contributed by atoms with Crippen LogP contribution in [0.4, 0.5) is 0 Å². The zero-order chi connectivity index (χ0) is 21.4. The summed E-state index contributed by atoms with van der Waals surface area (Å²) in [5.41, 5.74) is 3.80. The van der Waals surface area contributed by atoms with E-state index in [2.05, 4.69) is 25.7 Å². The van der Waals surface area contributed by atoms with Crippen molar-refractivity contribution in [3.05, 3.63) is 34.1 Å². The maximum absolute atomic E-state index is 13.3. The van der Waals surface area contributed by atoms with E-state index in [1.54, 1.807) is 11.3 Å². The smallest absolute Gasteiger partial charge is 0.243 e. The van der Waals surface area contributed by atoms with Crippen LogP contribution < -0.4 is 5.32 Å². The predicted octanol–water partition coefficient (Wildman–Crippen LogP) is 2.00. The van der Waals surface area contributed by atoms with E-state index in [4.69, 9.17) is 4.52 Å². The van der Waals surface area contributed by atoms with Crippen LogP contribution in [-0.2, 0) is 22.6 Å². The highest BCUT2D eigenvalue weighted by molar-refractivity contribution is 7.07. The minimum Gasteiger partial charge on any atom is -0.359 e. The number of nitrogens with one attached hydrogen (secondary N) is 1. The Morgan fingerprint density at radius 3 is 3.00 bits per heavy atom. The van der Waals surface area contributed by atoms with Crippen LogP contribution >= 0.6 is 11.3 Å². The molecule has 0 aromatic carbocycles. The largest absolute Gasteiger partial charge is 0.359 e. The molecule has 8 nitrogen and oxygen atoms in total. The molecule has 2 bridgehead atoms. The molecule has 2 aromatic heterocycles. The summed E-state index contributed by atoms with van der Waals surface area (Å²) in [7, 11) is 0. The van der Waals surface area contributed by atoms with Gasteiger partial charge in [-0.2, -0.15) is 0 Å². The van der Waals surface area contributed by atoms with Gasteiger partial charge >= 0.3 is 0 Å². The molecule has 166 valence electrons. The summed E-state index contributed by atoms with van der Waals surface area (Å²) in [6.07, 6.45) is 4.41. The van der Waals surface area contributed by atoms with Gasteiger partial charge in [0.2, 0.25) is 11.8 Å². The quantitative estimate of drug-likeness (QED) is 0.734. The average Bonchev–Trinajstić information content (AvgIpc) is 3.43. The summed E-state index contributed by atoms with van der Waals surface area (Å²) in [5.74, 6) is 1.30. The molecule has 31 heavy (non-hydrogen) atoms. The van der Waals surface area contributed by atoms with Gasteiger partial charge < -0.3 is 19.6 Å². The number of nitrogens with zero attached hydrogens (tertiary/aromatic N) is 4. The predicted molar refractivity (Wildman–Crippen MR) is 115 cm³/mol. The lowest BCUT2D eigenvalue weighted by Crippen LogP contribution is -2.68. The Balaban J connectivity index is 1.31. The molecule has 0 radical (unpaired) electrons. The number of aryl methyl sites for hydroxylation is 1. The zero-order valence-electron chi connectivity index (χ0n) is 17.8. The summed E-state index contributed by atoms with van der Waals surface area (Å²) in [5, 5.41) is 9.00. The summed E-state index contributed by atoms with van der Waals surface area (Å²) < 4.78 is 5.24. The molecule has 0 spiro atoms. The second kappa shape index (κ2) is 8.70. The van der Waals surface area contributed by atoms with Crippen LogP contribution in [0.3, 0.4) is 0 Å². The molecule has 2 aromatic rings. The van der Waals surface area contributed by atoms with Gasteiger partial charge in [0.1, 0.15) is 6.04 Å². The van der Waals surface area contributed by atoms with Gasteiger partial charge in [-0.15, -0.1) is 11.3 Å². The SMILES string of the molecule is Cc1cc(CNC(=O)[C@H]2[C@@H]3C[C@@H](CN(CCc4cscn4)C3)[C@@H]3CCCC(=O)N32)on1. The van der Waals surface area contributed by atoms with Gasteiger partial charge in [0.25, 0.3) is 0 Å². The van der Waals surface area contributed by atoms with Gasteiger partial charge in [0.05, 0.1) is 23.4 Å². The van der Waals surface area contributed by atoms with Gasteiger partial charge in [-0.05, 0) is 32.1 Å². The molecule has 0 aliphatic carbocycles. The first-order valence-corrected chi connectivity index (χ1v) is 12.1. The molecule has 3 saturated heterocycles. The van der Waals surface area contributed by atoms with Crippen LogP contribution in [0.5, 0.6) is 0 Å². The van der Waals surface area contributed by atoms with E-state index in [9.17, 15) is 9.59 Å². The molecular weight excluding hydrogens is 414 g/mol. The maximum atomic E-state index is 13.3. The first-order valence-electron chi connectivity index (χ1n) is 11.2. The van der Waals surface area contributed by atoms with Crippen LogP contribution in [0.25, 0.3) is 0 Å². The third-order valence-electron chi connectivity index (χ3n) is 6.97. The van der Waals surface area contributed by atoms with E-state index in [-0.39, 0.29) is 23.8 Å². The lowest BCUT2D eigenvalue weighted by molar-refractivity contribution is -0.160. The molecule has 1 N–H and O–H groups in total. The third-order valence-corrected chi connectivity index (χ3v) is 7.60. The standard InChI is InChI=1S/C22H29N5O3S/c1-14-7-18(30-25-14)9-23-22(29)21-16-8-15(19-3-2-4-20(28)27(19)21)10-26(11-16)6-5-17-12-31-13-24-17/h7,12-13,15-16,19,21H,2-6,8-11H2,1H3,(H,23,29)/t15-,16+,19-,21+/m0/s1. The van der Waals surface area contributed by atoms with E-state index in [0.717, 1.165) is 56.7 Å². The number of carbonyl (C=O) groups excluding carboxylic acids is 2. The zero-order valence-corrected chi connectivity index (χ0v) is 18.6. The average molecular weight is 444 g/mol. The number of rotatable bonds is 6. The van der Waals surface area contributed by atoms with E-state index >= 15 is 0 Å². The molecule has 3 aliphatic heterocycles. The van der Waals surface area contributed by atoms with Crippen molar-refractivity contribution in [1.29, 1.82) is 0 Å². The molecule has 3 fully saturated rings. The van der Waals surface area contributed by atoms with Crippen LogP contribution in [0.1, 0.15) is 42.8 Å². The van der Waals surface area contributed by atoms with Crippen molar-refractivity contribution in [3.63, 3.8) is 0 Å². The number of piperidine rings is 3. The summed E-state index contributed by atoms with van der Waals surface area (Å²) in [6, 6.07) is 1.59. The maximum Gasteiger partial charge on any atom is 0.243 e. The third kappa shape index (κ3) is 4.25. The lowest BCUT2D eigenvalue weighted by Gasteiger charge is -2.55. The van der Waals surface area contributed by atoms with Crippen LogP contribution in [0.2, 0.25) is 0 Å². The summed E-state index contributed by atoms with van der Waals surface area (Å²) in [4.78, 5) is 35.1. The highest BCUT2D eigenvalue weighted by Crippen LogP contribution is 2.41. The molecule has 5 heterocycles. The van der Waals surface area contributed by atoms with E-state index < -0.39 is 6.04 Å². The van der Waals surface area contributed by atoms with Crippen LogP contribution in [-0.4, -0.2) is 63.5 Å². The number of thiazole rings is 1. The Morgan fingerprint density at radius 2 is 2.23 bits per heavy atom. The Hall–Kier alpha value is -2.26. The molecule has 3 aliphatic rings. The fourth-order valence-electron chi connectivity index (χ4n) is 5.69. The monoisotopic (exact) mass is 443 g/mol. The van der Waals surface area contributed by atoms with Crippen molar-refractivity contribution in [3.8, 4) is 0 Å². The number of hydrogen-bond donors (Lipinski definition) is 1. The van der Waals surface area contributed by atoms with Crippen molar-refractivity contribution in [2.24, 2.45) is 11.8 Å². The number of hydrogen-bond acceptors (Lipinski definition) is 7. The Labute approximate surface area is 186 Å². The fraction of sp³-hybridized carbons (Fsp3) is 0.636. The van der Waals surface area contributed by atoms with Crippen molar-refractivity contribution in [1.82, 2.24) is 25.3 Å². The van der Waals surface area contributed by atoms with Gasteiger partial charge in [0.15, 0.2) is 5.76 Å². The number of aromatic nitrogens is 2. The highest BCUT2D eigenvalue weighted by Gasteiger charge is 2.51. The Bertz CT molecular complexity index is 929. The van der Waals surface area contributed by atoms with Gasteiger partial charge in [-0.3, -0.25) is 9.59 Å².